The van der Waals surface area contributed by atoms with Gasteiger partial charge in [0.05, 0.1) is 6.10 Å². The fourth-order valence-corrected chi connectivity index (χ4v) is 9.67. The summed E-state index contributed by atoms with van der Waals surface area (Å²) in [5, 5.41) is 10.6. The number of hydrogen-bond acceptors (Lipinski definition) is 1. The monoisotopic (exact) mass is 428 g/mol. The SMILES string of the molecule is C/C(CC(C)C(C)C(C)C)=C1/CCC2C3CC[C@H]4[C@H](C)[C@@H](O)CC[C@]4(C)C3CC[C@]12C. The van der Waals surface area contributed by atoms with E-state index in [0.29, 0.717) is 16.7 Å². The zero-order valence-corrected chi connectivity index (χ0v) is 22.0. The molecule has 0 aliphatic heterocycles. The molecule has 4 fully saturated rings. The van der Waals surface area contributed by atoms with E-state index in [2.05, 4.69) is 55.4 Å². The van der Waals surface area contributed by atoms with Gasteiger partial charge in [-0.15, -0.1) is 0 Å². The van der Waals surface area contributed by atoms with Crippen LogP contribution in [0, 0.1) is 58.2 Å². The predicted octanol–water partition coefficient (Wildman–Crippen LogP) is 8.27. The van der Waals surface area contributed by atoms with Gasteiger partial charge in [-0.25, -0.2) is 0 Å². The van der Waals surface area contributed by atoms with Gasteiger partial charge in [0.1, 0.15) is 0 Å². The molecule has 5 unspecified atom stereocenters. The van der Waals surface area contributed by atoms with Gasteiger partial charge in [0.2, 0.25) is 0 Å². The third-order valence-corrected chi connectivity index (χ3v) is 12.0. The molecule has 178 valence electrons. The highest BCUT2D eigenvalue weighted by molar-refractivity contribution is 5.28. The lowest BCUT2D eigenvalue weighted by Crippen LogP contribution is -2.55. The van der Waals surface area contributed by atoms with E-state index >= 15 is 0 Å². The van der Waals surface area contributed by atoms with E-state index in [-0.39, 0.29) is 6.10 Å². The topological polar surface area (TPSA) is 20.2 Å². The summed E-state index contributed by atoms with van der Waals surface area (Å²) in [4.78, 5) is 0. The molecular formula is C30H52O. The van der Waals surface area contributed by atoms with Gasteiger partial charge < -0.3 is 5.11 Å². The summed E-state index contributed by atoms with van der Waals surface area (Å²) in [6.45, 7) is 19.9. The zero-order chi connectivity index (χ0) is 22.7. The Kier molecular flexibility index (Phi) is 6.53. The van der Waals surface area contributed by atoms with Gasteiger partial charge in [-0.05, 0) is 123 Å². The van der Waals surface area contributed by atoms with Crippen molar-refractivity contribution >= 4 is 0 Å². The molecule has 0 heterocycles. The summed E-state index contributed by atoms with van der Waals surface area (Å²) in [7, 11) is 0. The van der Waals surface area contributed by atoms with Crippen molar-refractivity contribution < 1.29 is 5.11 Å². The summed E-state index contributed by atoms with van der Waals surface area (Å²) in [5.41, 5.74) is 4.57. The summed E-state index contributed by atoms with van der Waals surface area (Å²) in [6.07, 6.45) is 12.0. The minimum atomic E-state index is -0.0534. The highest BCUT2D eigenvalue weighted by atomic mass is 16.3. The minimum Gasteiger partial charge on any atom is -0.393 e. The number of allylic oxidation sites excluding steroid dienone is 2. The Morgan fingerprint density at radius 2 is 1.65 bits per heavy atom. The Morgan fingerprint density at radius 3 is 2.32 bits per heavy atom. The van der Waals surface area contributed by atoms with E-state index in [1.165, 1.54) is 51.4 Å². The van der Waals surface area contributed by atoms with Crippen LogP contribution in [0.2, 0.25) is 0 Å². The van der Waals surface area contributed by atoms with Crippen LogP contribution >= 0.6 is 0 Å². The lowest BCUT2D eigenvalue weighted by atomic mass is 9.43. The first-order valence-corrected chi connectivity index (χ1v) is 13.9. The van der Waals surface area contributed by atoms with E-state index in [9.17, 15) is 5.11 Å². The summed E-state index contributed by atoms with van der Waals surface area (Å²) >= 11 is 0. The molecule has 0 spiro atoms. The fourth-order valence-electron chi connectivity index (χ4n) is 9.67. The molecule has 0 radical (unpaired) electrons. The van der Waals surface area contributed by atoms with Crippen LogP contribution in [-0.2, 0) is 0 Å². The molecule has 1 nitrogen and oxygen atoms in total. The van der Waals surface area contributed by atoms with Crippen LogP contribution < -0.4 is 0 Å². The van der Waals surface area contributed by atoms with Crippen LogP contribution in [0.1, 0.15) is 113 Å². The smallest absolute Gasteiger partial charge is 0.0568 e. The molecule has 0 amide bonds. The highest BCUT2D eigenvalue weighted by Crippen LogP contribution is 2.68. The first-order chi connectivity index (χ1) is 14.5. The van der Waals surface area contributed by atoms with Gasteiger partial charge in [0, 0.05) is 0 Å². The number of aliphatic hydroxyl groups is 1. The van der Waals surface area contributed by atoms with Crippen molar-refractivity contribution in [2.75, 3.05) is 0 Å². The average molecular weight is 429 g/mol. The zero-order valence-electron chi connectivity index (χ0n) is 22.0. The maximum absolute atomic E-state index is 10.6. The van der Waals surface area contributed by atoms with E-state index in [1.54, 1.807) is 5.57 Å². The van der Waals surface area contributed by atoms with E-state index < -0.39 is 0 Å². The number of rotatable bonds is 4. The standard InChI is InChI=1S/C30H52O/c1-18(2)21(5)19(3)17-20(4)24-11-12-26-23-9-10-25-22(6)28(31)14-16-30(25,8)27(23)13-15-29(24,26)7/h18-19,21-23,25-28,31H,9-17H2,1-8H3/b24-20+/t19?,21?,22-,23?,25-,26?,27?,28-,29+,30-/m0/s1. The summed E-state index contributed by atoms with van der Waals surface area (Å²) < 4.78 is 0. The Labute approximate surface area is 193 Å². The second-order valence-electron chi connectivity index (χ2n) is 13.6. The van der Waals surface area contributed by atoms with Crippen molar-refractivity contribution in [3.8, 4) is 0 Å². The van der Waals surface area contributed by atoms with Gasteiger partial charge in [0.15, 0.2) is 0 Å². The Bertz CT molecular complexity index is 691. The molecule has 1 heteroatoms. The maximum Gasteiger partial charge on any atom is 0.0568 e. The van der Waals surface area contributed by atoms with E-state index in [4.69, 9.17) is 0 Å². The molecule has 4 saturated carbocycles. The normalized spacial score (nSPS) is 48.6. The quantitative estimate of drug-likeness (QED) is 0.447. The van der Waals surface area contributed by atoms with Crippen LogP contribution in [0.3, 0.4) is 0 Å². The van der Waals surface area contributed by atoms with Gasteiger partial charge >= 0.3 is 0 Å². The van der Waals surface area contributed by atoms with Crippen LogP contribution in [0.25, 0.3) is 0 Å². The number of hydrogen-bond donors (Lipinski definition) is 1. The predicted molar refractivity (Wildman–Crippen MR) is 133 cm³/mol. The summed E-state index contributed by atoms with van der Waals surface area (Å²) in [6, 6.07) is 0. The molecule has 0 bridgehead atoms. The number of fused-ring (bicyclic) bond motifs is 5. The Balaban J connectivity index is 1.55. The van der Waals surface area contributed by atoms with E-state index in [0.717, 1.165) is 47.8 Å². The molecule has 0 saturated heterocycles. The van der Waals surface area contributed by atoms with Crippen molar-refractivity contribution in [3.05, 3.63) is 11.1 Å². The van der Waals surface area contributed by atoms with Crippen LogP contribution in [0.5, 0.6) is 0 Å². The van der Waals surface area contributed by atoms with Crippen molar-refractivity contribution in [3.63, 3.8) is 0 Å². The molecule has 4 aliphatic carbocycles. The molecule has 0 aromatic carbocycles. The number of aliphatic hydroxyl groups excluding tert-OH is 1. The second-order valence-corrected chi connectivity index (χ2v) is 13.6. The van der Waals surface area contributed by atoms with Crippen molar-refractivity contribution in [2.45, 2.75) is 119 Å². The highest BCUT2D eigenvalue weighted by Gasteiger charge is 2.60. The third-order valence-electron chi connectivity index (χ3n) is 12.0. The molecule has 1 N–H and O–H groups in total. The summed E-state index contributed by atoms with van der Waals surface area (Å²) in [5.74, 6) is 6.36. The van der Waals surface area contributed by atoms with Crippen molar-refractivity contribution in [1.82, 2.24) is 0 Å². The second kappa shape index (κ2) is 8.48. The average Bonchev–Trinajstić information content (AvgIpc) is 3.07. The third kappa shape index (κ3) is 3.77. The van der Waals surface area contributed by atoms with Crippen LogP contribution in [0.15, 0.2) is 11.1 Å². The van der Waals surface area contributed by atoms with Gasteiger partial charge in [-0.3, -0.25) is 0 Å². The van der Waals surface area contributed by atoms with Crippen molar-refractivity contribution in [2.24, 2.45) is 58.2 Å². The molecule has 10 atom stereocenters. The van der Waals surface area contributed by atoms with Gasteiger partial charge in [0.25, 0.3) is 0 Å². The van der Waals surface area contributed by atoms with Crippen molar-refractivity contribution in [1.29, 1.82) is 0 Å². The minimum absolute atomic E-state index is 0.0534. The largest absolute Gasteiger partial charge is 0.393 e. The molecule has 0 aromatic rings. The van der Waals surface area contributed by atoms with Crippen LogP contribution in [0.4, 0.5) is 0 Å². The Morgan fingerprint density at radius 1 is 0.935 bits per heavy atom. The molecule has 31 heavy (non-hydrogen) atoms. The first kappa shape index (κ1) is 23.8. The lowest BCUT2D eigenvalue weighted by Gasteiger charge is -2.62. The fraction of sp³-hybridized carbons (Fsp3) is 0.933. The lowest BCUT2D eigenvalue weighted by molar-refractivity contribution is -0.140. The Hall–Kier alpha value is -0.300. The van der Waals surface area contributed by atoms with E-state index in [1.807, 2.05) is 5.57 Å². The molecule has 4 rings (SSSR count). The van der Waals surface area contributed by atoms with Gasteiger partial charge in [-0.2, -0.15) is 0 Å². The first-order valence-electron chi connectivity index (χ1n) is 13.9. The maximum atomic E-state index is 10.6. The molecule has 4 aliphatic rings. The van der Waals surface area contributed by atoms with Gasteiger partial charge in [-0.1, -0.05) is 59.6 Å². The molecule has 0 aromatic heterocycles. The molecular weight excluding hydrogens is 376 g/mol. The van der Waals surface area contributed by atoms with Crippen LogP contribution in [-0.4, -0.2) is 11.2 Å².